The van der Waals surface area contributed by atoms with Gasteiger partial charge in [0.2, 0.25) is 0 Å². The lowest BCUT2D eigenvalue weighted by Gasteiger charge is -2.10. The van der Waals surface area contributed by atoms with Crippen molar-refractivity contribution < 1.29 is 4.42 Å². The van der Waals surface area contributed by atoms with E-state index in [1.54, 1.807) is 12.5 Å². The number of guanidine groups is 1. The van der Waals surface area contributed by atoms with Crippen LogP contribution in [0, 0.1) is 0 Å². The zero-order chi connectivity index (χ0) is 13.3. The fourth-order valence-corrected chi connectivity index (χ4v) is 1.62. The topological polar surface area (TPSA) is 67.4 Å². The predicted octanol–water partition coefficient (Wildman–Crippen LogP) is 1.23. The number of hydrogen-bond acceptors (Lipinski definition) is 3. The zero-order valence-corrected chi connectivity index (χ0v) is 11.0. The molecule has 0 atom stereocenters. The summed E-state index contributed by atoms with van der Waals surface area (Å²) in [4.78, 5) is 4.45. The quantitative estimate of drug-likeness (QED) is 0.606. The highest BCUT2D eigenvalue weighted by Crippen LogP contribution is 2.00. The third kappa shape index (κ3) is 4.50. The Morgan fingerprint density at radius 1 is 1.42 bits per heavy atom. The molecule has 0 fully saturated rings. The minimum absolute atomic E-state index is 0.532. The summed E-state index contributed by atoms with van der Waals surface area (Å²) >= 11 is 0. The SMILES string of the molecule is CCNC(=NCc1ccco1)NCCn1cccn1. The number of rotatable bonds is 6. The molecular formula is C13H19N5O. The van der Waals surface area contributed by atoms with Gasteiger partial charge in [0, 0.05) is 25.5 Å². The van der Waals surface area contributed by atoms with Gasteiger partial charge in [0.15, 0.2) is 5.96 Å². The van der Waals surface area contributed by atoms with Crippen LogP contribution in [0.3, 0.4) is 0 Å². The van der Waals surface area contributed by atoms with E-state index in [4.69, 9.17) is 4.42 Å². The first-order chi connectivity index (χ1) is 9.38. The highest BCUT2D eigenvalue weighted by molar-refractivity contribution is 5.79. The lowest BCUT2D eigenvalue weighted by molar-refractivity contribution is 0.511. The van der Waals surface area contributed by atoms with Crippen LogP contribution in [0.4, 0.5) is 0 Å². The average Bonchev–Trinajstić information content (AvgIpc) is 3.09. The fraction of sp³-hybridized carbons (Fsp3) is 0.385. The van der Waals surface area contributed by atoms with E-state index in [1.807, 2.05) is 36.0 Å². The molecule has 2 N–H and O–H groups in total. The molecule has 0 bridgehead atoms. The van der Waals surface area contributed by atoms with Gasteiger partial charge >= 0.3 is 0 Å². The molecule has 0 spiro atoms. The molecule has 2 rings (SSSR count). The monoisotopic (exact) mass is 261 g/mol. The van der Waals surface area contributed by atoms with Crippen LogP contribution in [0.5, 0.6) is 0 Å². The molecule has 0 aliphatic carbocycles. The van der Waals surface area contributed by atoms with Gasteiger partial charge in [-0.2, -0.15) is 5.10 Å². The Morgan fingerprint density at radius 3 is 3.05 bits per heavy atom. The van der Waals surface area contributed by atoms with E-state index in [9.17, 15) is 0 Å². The molecule has 6 nitrogen and oxygen atoms in total. The lowest BCUT2D eigenvalue weighted by Crippen LogP contribution is -2.38. The number of furan rings is 1. The van der Waals surface area contributed by atoms with Gasteiger partial charge in [0.1, 0.15) is 12.3 Å². The third-order valence-electron chi connectivity index (χ3n) is 2.51. The van der Waals surface area contributed by atoms with Gasteiger partial charge < -0.3 is 15.1 Å². The van der Waals surface area contributed by atoms with E-state index in [0.717, 1.165) is 31.4 Å². The number of aliphatic imine (C=N–C) groups is 1. The molecule has 19 heavy (non-hydrogen) atoms. The molecule has 0 amide bonds. The van der Waals surface area contributed by atoms with E-state index >= 15 is 0 Å². The van der Waals surface area contributed by atoms with Gasteiger partial charge in [-0.1, -0.05) is 0 Å². The fourth-order valence-electron chi connectivity index (χ4n) is 1.62. The molecule has 0 saturated carbocycles. The second kappa shape index (κ2) is 7.25. The van der Waals surface area contributed by atoms with Crippen LogP contribution >= 0.6 is 0 Å². The van der Waals surface area contributed by atoms with Crippen LogP contribution in [0.15, 0.2) is 46.3 Å². The lowest BCUT2D eigenvalue weighted by atomic mass is 10.4. The minimum Gasteiger partial charge on any atom is -0.467 e. The number of hydrogen-bond donors (Lipinski definition) is 2. The van der Waals surface area contributed by atoms with E-state index in [0.29, 0.717) is 6.54 Å². The first-order valence-electron chi connectivity index (χ1n) is 6.40. The molecule has 2 aromatic heterocycles. The van der Waals surface area contributed by atoms with Crippen molar-refractivity contribution in [2.75, 3.05) is 13.1 Å². The van der Waals surface area contributed by atoms with Crippen molar-refractivity contribution >= 4 is 5.96 Å². The maximum Gasteiger partial charge on any atom is 0.191 e. The molecule has 0 saturated heterocycles. The van der Waals surface area contributed by atoms with Gasteiger partial charge in [-0.25, -0.2) is 4.99 Å². The molecule has 0 radical (unpaired) electrons. The maximum atomic E-state index is 5.25. The normalized spacial score (nSPS) is 11.5. The van der Waals surface area contributed by atoms with Crippen LogP contribution in [0.1, 0.15) is 12.7 Å². The first-order valence-corrected chi connectivity index (χ1v) is 6.40. The van der Waals surface area contributed by atoms with E-state index in [-0.39, 0.29) is 0 Å². The highest BCUT2D eigenvalue weighted by Gasteiger charge is 1.98. The number of nitrogens with one attached hydrogen (secondary N) is 2. The third-order valence-corrected chi connectivity index (χ3v) is 2.51. The highest BCUT2D eigenvalue weighted by atomic mass is 16.3. The van der Waals surface area contributed by atoms with Crippen molar-refractivity contribution in [1.82, 2.24) is 20.4 Å². The summed E-state index contributed by atoms with van der Waals surface area (Å²) in [6.07, 6.45) is 5.37. The van der Waals surface area contributed by atoms with Crippen molar-refractivity contribution in [3.05, 3.63) is 42.6 Å². The van der Waals surface area contributed by atoms with Crippen LogP contribution in [0.2, 0.25) is 0 Å². The van der Waals surface area contributed by atoms with Crippen LogP contribution in [-0.2, 0) is 13.1 Å². The number of aromatic nitrogens is 2. The van der Waals surface area contributed by atoms with Crippen molar-refractivity contribution in [1.29, 1.82) is 0 Å². The van der Waals surface area contributed by atoms with Crippen molar-refractivity contribution in [2.24, 2.45) is 4.99 Å². The van der Waals surface area contributed by atoms with Gasteiger partial charge in [0.05, 0.1) is 12.8 Å². The van der Waals surface area contributed by atoms with Gasteiger partial charge in [0.25, 0.3) is 0 Å². The van der Waals surface area contributed by atoms with Gasteiger partial charge in [-0.05, 0) is 25.1 Å². The van der Waals surface area contributed by atoms with E-state index < -0.39 is 0 Å². The Kier molecular flexibility index (Phi) is 5.04. The summed E-state index contributed by atoms with van der Waals surface area (Å²) in [6, 6.07) is 5.69. The molecule has 0 aliphatic rings. The van der Waals surface area contributed by atoms with Crippen molar-refractivity contribution in [3.8, 4) is 0 Å². The molecule has 102 valence electrons. The Balaban J connectivity index is 1.79. The van der Waals surface area contributed by atoms with Crippen LogP contribution in [-0.4, -0.2) is 28.8 Å². The maximum absolute atomic E-state index is 5.25. The summed E-state index contributed by atoms with van der Waals surface area (Å²) in [5.41, 5.74) is 0. The van der Waals surface area contributed by atoms with Crippen molar-refractivity contribution in [3.63, 3.8) is 0 Å². The smallest absolute Gasteiger partial charge is 0.191 e. The standard InChI is InChI=1S/C13H19N5O/c1-2-14-13(16-11-12-5-3-10-19-12)15-7-9-18-8-4-6-17-18/h3-6,8,10H,2,7,9,11H2,1H3,(H2,14,15,16). The Labute approximate surface area is 112 Å². The van der Waals surface area contributed by atoms with Gasteiger partial charge in [-0.15, -0.1) is 0 Å². The van der Waals surface area contributed by atoms with E-state index in [2.05, 4.69) is 20.7 Å². The summed E-state index contributed by atoms with van der Waals surface area (Å²) in [5.74, 6) is 1.63. The molecule has 2 heterocycles. The Bertz CT molecular complexity index is 475. The van der Waals surface area contributed by atoms with E-state index in [1.165, 1.54) is 0 Å². The molecule has 0 aliphatic heterocycles. The van der Waals surface area contributed by atoms with Crippen LogP contribution in [0.25, 0.3) is 0 Å². The zero-order valence-electron chi connectivity index (χ0n) is 11.0. The average molecular weight is 261 g/mol. The van der Waals surface area contributed by atoms with Crippen molar-refractivity contribution in [2.45, 2.75) is 20.0 Å². The summed E-state index contributed by atoms with van der Waals surface area (Å²) in [7, 11) is 0. The second-order valence-corrected chi connectivity index (χ2v) is 3.97. The number of nitrogens with zero attached hydrogens (tertiary/aromatic N) is 3. The molecule has 2 aromatic rings. The largest absolute Gasteiger partial charge is 0.467 e. The molecule has 0 aromatic carbocycles. The Morgan fingerprint density at radius 2 is 2.37 bits per heavy atom. The summed E-state index contributed by atoms with van der Waals surface area (Å²) < 4.78 is 7.13. The van der Waals surface area contributed by atoms with Gasteiger partial charge in [-0.3, -0.25) is 4.68 Å². The molecule has 6 heteroatoms. The molecular weight excluding hydrogens is 242 g/mol. The molecule has 0 unspecified atom stereocenters. The summed E-state index contributed by atoms with van der Waals surface area (Å²) in [6.45, 7) is 4.97. The minimum atomic E-state index is 0.532. The second-order valence-electron chi connectivity index (χ2n) is 3.97. The summed E-state index contributed by atoms with van der Waals surface area (Å²) in [5, 5.41) is 10.6. The first kappa shape index (κ1) is 13.2. The Hall–Kier alpha value is -2.24. The predicted molar refractivity (Wildman–Crippen MR) is 73.8 cm³/mol. The van der Waals surface area contributed by atoms with Crippen LogP contribution < -0.4 is 10.6 Å².